The highest BCUT2D eigenvalue weighted by Gasteiger charge is 2.36. The third-order valence-electron chi connectivity index (χ3n) is 8.10. The zero-order chi connectivity index (χ0) is 32.9. The Hall–Kier alpha value is -3.41. The van der Waals surface area contributed by atoms with Gasteiger partial charge in [-0.1, -0.05) is 13.8 Å². The van der Waals surface area contributed by atoms with Crippen LogP contribution in [-0.4, -0.2) is 59.7 Å². The lowest BCUT2D eigenvalue weighted by molar-refractivity contribution is -0.139. The number of hydrogen-bond donors (Lipinski definition) is 2. The second kappa shape index (κ2) is 14.6. The fourth-order valence-electron chi connectivity index (χ4n) is 5.80. The third-order valence-corrected chi connectivity index (χ3v) is 8.10. The van der Waals surface area contributed by atoms with E-state index in [1.54, 1.807) is 51.9 Å². The van der Waals surface area contributed by atoms with Crippen LogP contribution in [0, 0.1) is 18.7 Å². The van der Waals surface area contributed by atoms with E-state index in [4.69, 9.17) is 0 Å². The van der Waals surface area contributed by atoms with Crippen molar-refractivity contribution in [2.75, 3.05) is 32.1 Å². The number of aliphatic carboxylic acids is 1. The molecule has 1 fully saturated rings. The Kier molecular flexibility index (Phi) is 11.6. The molecule has 2 N–H and O–H groups in total. The van der Waals surface area contributed by atoms with E-state index in [2.05, 4.69) is 17.1 Å². The van der Waals surface area contributed by atoms with Crippen molar-refractivity contribution in [3.05, 3.63) is 62.8 Å². The van der Waals surface area contributed by atoms with Crippen LogP contribution >= 0.6 is 0 Å². The van der Waals surface area contributed by atoms with E-state index in [1.165, 1.54) is 0 Å². The molecule has 1 aliphatic rings. The lowest BCUT2D eigenvalue weighted by Gasteiger charge is -2.36. The molecule has 1 aliphatic heterocycles. The summed E-state index contributed by atoms with van der Waals surface area (Å²) in [5.74, 6) is -2.87. The Bertz CT molecular complexity index is 1390. The van der Waals surface area contributed by atoms with Crippen LogP contribution in [0.1, 0.15) is 87.2 Å². The molecule has 1 saturated heterocycles. The molecular weight excluding hydrogens is 580 g/mol. The van der Waals surface area contributed by atoms with Crippen molar-refractivity contribution >= 4 is 17.6 Å². The first-order valence-electron chi connectivity index (χ1n) is 15.0. The highest BCUT2D eigenvalue weighted by Crippen LogP contribution is 2.34. The summed E-state index contributed by atoms with van der Waals surface area (Å²) in [4.78, 5) is 42.7. The van der Waals surface area contributed by atoms with Crippen LogP contribution in [0.2, 0.25) is 0 Å². The summed E-state index contributed by atoms with van der Waals surface area (Å²) in [6, 6.07) is 1.43. The summed E-state index contributed by atoms with van der Waals surface area (Å²) in [7, 11) is 3.42. The quantitative estimate of drug-likeness (QED) is 0.294. The van der Waals surface area contributed by atoms with Gasteiger partial charge in [0.25, 0.3) is 5.56 Å². The number of amides is 1. The molecule has 2 heterocycles. The van der Waals surface area contributed by atoms with Gasteiger partial charge in [-0.05, 0) is 89.2 Å². The number of likely N-dealkylation sites (N-methyl/N-ethyl adjacent to an activating group) is 1. The number of carbonyl (C=O) groups excluding carboxylic acids is 1. The van der Waals surface area contributed by atoms with Crippen molar-refractivity contribution in [2.45, 2.75) is 90.5 Å². The van der Waals surface area contributed by atoms with Gasteiger partial charge in [0.05, 0.1) is 18.0 Å². The van der Waals surface area contributed by atoms with Gasteiger partial charge in [-0.25, -0.2) is 4.39 Å². The van der Waals surface area contributed by atoms with Crippen molar-refractivity contribution in [1.82, 2.24) is 14.8 Å². The molecule has 0 radical (unpaired) electrons. The number of benzene rings is 1. The number of aryl methyl sites for hydroxylation is 1. The number of anilines is 1. The van der Waals surface area contributed by atoms with Gasteiger partial charge in [0.15, 0.2) is 0 Å². The Morgan fingerprint density at radius 3 is 2.41 bits per heavy atom. The standard InChI is InChI=1S/C32H44F4N4O4/c1-19(2)13-27(40-18-22(10-12-38(5)6)25(16-28(40)41)32(34,35)36)31(44)37-26(17-29(42)43)24-15-23(14-20(3)30(24)33)39-11-8-7-9-21(39)4/h14-16,18-19,21,26-27H,7-13,17H2,1-6H3,(H,37,44)(H,42,43)/t21?,26-,27?/m0/s1. The predicted octanol–water partition coefficient (Wildman–Crippen LogP) is 5.72. The highest BCUT2D eigenvalue weighted by molar-refractivity contribution is 5.82. The molecule has 2 aromatic rings. The summed E-state index contributed by atoms with van der Waals surface area (Å²) < 4.78 is 58.2. The number of rotatable bonds is 12. The van der Waals surface area contributed by atoms with E-state index in [0.717, 1.165) is 42.3 Å². The minimum absolute atomic E-state index is 0.00302. The summed E-state index contributed by atoms with van der Waals surface area (Å²) in [6.45, 7) is 8.26. The Morgan fingerprint density at radius 1 is 1.16 bits per heavy atom. The molecule has 0 bridgehead atoms. The number of halogens is 4. The molecule has 244 valence electrons. The molecule has 2 unspecified atom stereocenters. The normalized spacial score (nSPS) is 17.2. The van der Waals surface area contributed by atoms with Crippen molar-refractivity contribution in [3.8, 4) is 0 Å². The van der Waals surface area contributed by atoms with Gasteiger partial charge >= 0.3 is 12.1 Å². The highest BCUT2D eigenvalue weighted by atomic mass is 19.4. The monoisotopic (exact) mass is 624 g/mol. The topological polar surface area (TPSA) is 94.9 Å². The van der Waals surface area contributed by atoms with Crippen LogP contribution in [-0.2, 0) is 22.2 Å². The smallest absolute Gasteiger partial charge is 0.416 e. The fourth-order valence-corrected chi connectivity index (χ4v) is 5.80. The average molecular weight is 625 g/mol. The number of piperidine rings is 1. The maximum absolute atomic E-state index is 15.6. The lowest BCUT2D eigenvalue weighted by atomic mass is 9.96. The zero-order valence-electron chi connectivity index (χ0n) is 26.3. The molecule has 12 heteroatoms. The minimum Gasteiger partial charge on any atom is -0.481 e. The number of pyridine rings is 1. The summed E-state index contributed by atoms with van der Waals surface area (Å²) in [5.41, 5.74) is -1.19. The molecule has 1 amide bonds. The van der Waals surface area contributed by atoms with Crippen LogP contribution in [0.15, 0.2) is 29.2 Å². The van der Waals surface area contributed by atoms with Gasteiger partial charge in [0, 0.05) is 42.6 Å². The number of aromatic nitrogens is 1. The molecule has 1 aromatic carbocycles. The van der Waals surface area contributed by atoms with Crippen molar-refractivity contribution in [2.24, 2.45) is 5.92 Å². The number of nitrogens with zero attached hydrogens (tertiary/aromatic N) is 3. The second-order valence-corrected chi connectivity index (χ2v) is 12.5. The number of alkyl halides is 3. The molecule has 3 rings (SSSR count). The van der Waals surface area contributed by atoms with Crippen molar-refractivity contribution in [3.63, 3.8) is 0 Å². The van der Waals surface area contributed by atoms with E-state index < -0.39 is 53.5 Å². The van der Waals surface area contributed by atoms with E-state index in [9.17, 15) is 32.7 Å². The van der Waals surface area contributed by atoms with Gasteiger partial charge in [-0.2, -0.15) is 13.2 Å². The molecule has 3 atom stereocenters. The largest absolute Gasteiger partial charge is 0.481 e. The van der Waals surface area contributed by atoms with Gasteiger partial charge in [-0.3, -0.25) is 14.4 Å². The second-order valence-electron chi connectivity index (χ2n) is 12.5. The van der Waals surface area contributed by atoms with Crippen LogP contribution in [0.4, 0.5) is 23.2 Å². The summed E-state index contributed by atoms with van der Waals surface area (Å²) in [5, 5.41) is 12.4. The van der Waals surface area contributed by atoms with E-state index >= 15 is 4.39 Å². The predicted molar refractivity (Wildman–Crippen MR) is 161 cm³/mol. The average Bonchev–Trinajstić information content (AvgIpc) is 2.91. The van der Waals surface area contributed by atoms with Gasteiger partial charge < -0.3 is 24.8 Å². The number of hydrogen-bond acceptors (Lipinski definition) is 5. The van der Waals surface area contributed by atoms with Crippen molar-refractivity contribution in [1.29, 1.82) is 0 Å². The van der Waals surface area contributed by atoms with Gasteiger partial charge in [0.1, 0.15) is 11.9 Å². The van der Waals surface area contributed by atoms with Gasteiger partial charge in [0.2, 0.25) is 5.91 Å². The number of nitrogens with one attached hydrogen (secondary N) is 1. The fraction of sp³-hybridized carbons (Fsp3) is 0.594. The van der Waals surface area contributed by atoms with Crippen LogP contribution in [0.3, 0.4) is 0 Å². The maximum Gasteiger partial charge on any atom is 0.416 e. The lowest BCUT2D eigenvalue weighted by Crippen LogP contribution is -2.41. The zero-order valence-corrected chi connectivity index (χ0v) is 26.3. The van der Waals surface area contributed by atoms with E-state index in [1.807, 2.05) is 0 Å². The molecular formula is C32H44F4N4O4. The Balaban J connectivity index is 2.08. The van der Waals surface area contributed by atoms with Crippen LogP contribution in [0.25, 0.3) is 0 Å². The maximum atomic E-state index is 15.6. The SMILES string of the molecule is Cc1cc(N2CCCCC2C)cc([C@H](CC(=O)O)NC(=O)C(CC(C)C)n2cc(CCN(C)C)c(C(F)(F)F)cc2=O)c1F. The number of carbonyl (C=O) groups is 2. The first-order chi connectivity index (χ1) is 20.5. The van der Waals surface area contributed by atoms with Crippen molar-refractivity contribution < 1.29 is 32.3 Å². The van der Waals surface area contributed by atoms with E-state index in [0.29, 0.717) is 11.6 Å². The molecule has 44 heavy (non-hydrogen) atoms. The Labute approximate surface area is 256 Å². The van der Waals surface area contributed by atoms with Gasteiger partial charge in [-0.15, -0.1) is 0 Å². The minimum atomic E-state index is -4.77. The third kappa shape index (κ3) is 8.83. The first kappa shape index (κ1) is 35.1. The number of carboxylic acids is 1. The number of carboxylic acid groups (broad SMARTS) is 1. The summed E-state index contributed by atoms with van der Waals surface area (Å²) >= 11 is 0. The van der Waals surface area contributed by atoms with Crippen LogP contribution in [0.5, 0.6) is 0 Å². The van der Waals surface area contributed by atoms with E-state index in [-0.39, 0.29) is 42.5 Å². The molecule has 0 aliphatic carbocycles. The molecule has 0 saturated carbocycles. The summed E-state index contributed by atoms with van der Waals surface area (Å²) in [6.07, 6.45) is -1.28. The molecule has 0 spiro atoms. The molecule has 1 aromatic heterocycles. The Morgan fingerprint density at radius 2 is 1.84 bits per heavy atom. The van der Waals surface area contributed by atoms with Crippen LogP contribution < -0.4 is 15.8 Å². The first-order valence-corrected chi connectivity index (χ1v) is 15.0. The molecule has 8 nitrogen and oxygen atoms in total.